The molecule has 0 amide bonds. The van der Waals surface area contributed by atoms with Crippen LogP contribution in [0.1, 0.15) is 23.6 Å². The predicted octanol–water partition coefficient (Wildman–Crippen LogP) is 1.46. The first-order chi connectivity index (χ1) is 11.1. The van der Waals surface area contributed by atoms with Gasteiger partial charge in [0.25, 0.3) is 0 Å². The minimum Gasteiger partial charge on any atom is -0.395 e. The molecule has 0 bridgehead atoms. The van der Waals surface area contributed by atoms with Gasteiger partial charge in [-0.05, 0) is 25.8 Å². The molecular weight excluding hydrogens is 298 g/mol. The maximum atomic E-state index is 11.1. The van der Waals surface area contributed by atoms with Gasteiger partial charge in [-0.2, -0.15) is 0 Å². The van der Waals surface area contributed by atoms with Crippen molar-refractivity contribution in [2.75, 3.05) is 11.9 Å². The third-order valence-corrected chi connectivity index (χ3v) is 4.16. The predicted molar refractivity (Wildman–Crippen MR) is 84.4 cm³/mol. The molecule has 2 N–H and O–H groups in total. The zero-order chi connectivity index (χ0) is 16.4. The largest absolute Gasteiger partial charge is 0.395 e. The number of rotatable bonds is 5. The fraction of sp³-hybridized carbons (Fsp3) is 0.467. The van der Waals surface area contributed by atoms with E-state index in [1.807, 2.05) is 6.92 Å². The van der Waals surface area contributed by atoms with Gasteiger partial charge in [0.15, 0.2) is 0 Å². The number of nitrogens with one attached hydrogen (secondary N) is 1. The molecule has 2 heterocycles. The maximum Gasteiger partial charge on any atom is 0.311 e. The summed E-state index contributed by atoms with van der Waals surface area (Å²) in [5.74, 6) is 1.20. The van der Waals surface area contributed by atoms with E-state index in [4.69, 9.17) is 5.11 Å². The molecule has 0 saturated heterocycles. The van der Waals surface area contributed by atoms with Gasteiger partial charge in [0.05, 0.1) is 17.2 Å². The van der Waals surface area contributed by atoms with Crippen molar-refractivity contribution in [3.63, 3.8) is 0 Å². The van der Waals surface area contributed by atoms with Gasteiger partial charge >= 0.3 is 5.69 Å². The van der Waals surface area contributed by atoms with E-state index in [9.17, 15) is 10.1 Å². The first-order valence-electron chi connectivity index (χ1n) is 7.62. The molecule has 1 aliphatic rings. The lowest BCUT2D eigenvalue weighted by atomic mass is 9.95. The van der Waals surface area contributed by atoms with Crippen LogP contribution in [0, 0.1) is 17.0 Å². The van der Waals surface area contributed by atoms with Gasteiger partial charge in [-0.25, -0.2) is 9.97 Å². The molecular formula is C15H19N5O3. The first-order valence-corrected chi connectivity index (χ1v) is 7.62. The monoisotopic (exact) mass is 317 g/mol. The summed E-state index contributed by atoms with van der Waals surface area (Å²) in [4.78, 5) is 19.3. The number of aliphatic hydroxyl groups excluding tert-OH is 1. The molecule has 0 aromatic carbocycles. The van der Waals surface area contributed by atoms with E-state index >= 15 is 0 Å². The summed E-state index contributed by atoms with van der Waals surface area (Å²) >= 11 is 0. The zero-order valence-corrected chi connectivity index (χ0v) is 12.9. The third-order valence-electron chi connectivity index (χ3n) is 4.16. The lowest BCUT2D eigenvalue weighted by Gasteiger charge is -2.24. The van der Waals surface area contributed by atoms with Crippen molar-refractivity contribution in [1.82, 2.24) is 14.5 Å². The number of aliphatic hydroxyl groups is 1. The van der Waals surface area contributed by atoms with Gasteiger partial charge in [-0.15, -0.1) is 0 Å². The Morgan fingerprint density at radius 1 is 1.57 bits per heavy atom. The number of hydrogen-bond acceptors (Lipinski definition) is 6. The molecule has 8 nitrogen and oxygen atoms in total. The van der Waals surface area contributed by atoms with Crippen LogP contribution in [-0.2, 0) is 19.4 Å². The average Bonchev–Trinajstić information content (AvgIpc) is 2.83. The molecule has 23 heavy (non-hydrogen) atoms. The van der Waals surface area contributed by atoms with Crippen molar-refractivity contribution in [2.45, 2.75) is 38.8 Å². The molecule has 1 atom stereocenters. The van der Waals surface area contributed by atoms with Gasteiger partial charge in [0, 0.05) is 37.0 Å². The summed E-state index contributed by atoms with van der Waals surface area (Å²) in [5, 5.41) is 23.4. The fourth-order valence-electron chi connectivity index (χ4n) is 3.13. The Hall–Kier alpha value is -2.48. The minimum atomic E-state index is -0.427. The first kappa shape index (κ1) is 15.4. The van der Waals surface area contributed by atoms with Crippen molar-refractivity contribution in [2.24, 2.45) is 0 Å². The Morgan fingerprint density at radius 2 is 2.39 bits per heavy atom. The van der Waals surface area contributed by atoms with Gasteiger partial charge in [0.1, 0.15) is 5.82 Å². The second-order valence-corrected chi connectivity index (χ2v) is 5.64. The minimum absolute atomic E-state index is 0.0136. The highest BCUT2D eigenvalue weighted by Gasteiger charge is 2.26. The summed E-state index contributed by atoms with van der Waals surface area (Å²) in [5.41, 5.74) is 2.14. The summed E-state index contributed by atoms with van der Waals surface area (Å²) in [6.07, 6.45) is 3.91. The van der Waals surface area contributed by atoms with Crippen molar-refractivity contribution in [3.8, 4) is 0 Å². The standard InChI is InChI=1S/C15H19N5O3/c1-10-17-12-9-11(4-5-13(12)19(10)7-8-21)18-15-14(20(22)23)3-2-6-16-15/h2-3,6,11,21H,4-5,7-9H2,1H3,(H,16,18). The van der Waals surface area contributed by atoms with Crippen LogP contribution in [0.5, 0.6) is 0 Å². The molecule has 0 radical (unpaired) electrons. The smallest absolute Gasteiger partial charge is 0.311 e. The van der Waals surface area contributed by atoms with Crippen molar-refractivity contribution in [1.29, 1.82) is 0 Å². The second-order valence-electron chi connectivity index (χ2n) is 5.64. The van der Waals surface area contributed by atoms with Crippen LogP contribution in [-0.4, -0.2) is 37.2 Å². The van der Waals surface area contributed by atoms with Crippen LogP contribution in [0.25, 0.3) is 0 Å². The van der Waals surface area contributed by atoms with E-state index in [1.165, 1.54) is 6.07 Å². The van der Waals surface area contributed by atoms with E-state index < -0.39 is 4.92 Å². The quantitative estimate of drug-likeness (QED) is 0.638. The summed E-state index contributed by atoms with van der Waals surface area (Å²) < 4.78 is 2.05. The third kappa shape index (κ3) is 3.02. The Labute approximate surface area is 133 Å². The van der Waals surface area contributed by atoms with Crippen molar-refractivity contribution < 1.29 is 10.0 Å². The Morgan fingerprint density at radius 3 is 3.13 bits per heavy atom. The van der Waals surface area contributed by atoms with Crippen LogP contribution in [0.2, 0.25) is 0 Å². The maximum absolute atomic E-state index is 11.1. The summed E-state index contributed by atoms with van der Waals surface area (Å²) in [6.45, 7) is 2.57. The summed E-state index contributed by atoms with van der Waals surface area (Å²) in [6, 6.07) is 3.07. The molecule has 0 spiro atoms. The van der Waals surface area contributed by atoms with E-state index in [0.29, 0.717) is 18.8 Å². The number of fused-ring (bicyclic) bond motifs is 1. The van der Waals surface area contributed by atoms with Crippen LogP contribution < -0.4 is 5.32 Å². The van der Waals surface area contributed by atoms with E-state index in [2.05, 4.69) is 19.9 Å². The van der Waals surface area contributed by atoms with Gasteiger partial charge in [-0.3, -0.25) is 10.1 Å². The topological polar surface area (TPSA) is 106 Å². The van der Waals surface area contributed by atoms with Crippen molar-refractivity contribution in [3.05, 3.63) is 45.7 Å². The molecule has 0 aliphatic heterocycles. The van der Waals surface area contributed by atoms with Gasteiger partial charge < -0.3 is 15.0 Å². The highest BCUT2D eigenvalue weighted by molar-refractivity contribution is 5.55. The van der Waals surface area contributed by atoms with Crippen LogP contribution in [0.4, 0.5) is 11.5 Å². The lowest BCUT2D eigenvalue weighted by molar-refractivity contribution is -0.384. The molecule has 122 valence electrons. The summed E-state index contributed by atoms with van der Waals surface area (Å²) in [7, 11) is 0. The number of hydrogen-bond donors (Lipinski definition) is 2. The van der Waals surface area contributed by atoms with Gasteiger partial charge in [0.2, 0.25) is 5.82 Å². The normalized spacial score (nSPS) is 16.9. The molecule has 0 fully saturated rings. The second kappa shape index (κ2) is 6.33. The number of nitro groups is 1. The highest BCUT2D eigenvalue weighted by Crippen LogP contribution is 2.27. The van der Waals surface area contributed by atoms with Crippen LogP contribution >= 0.6 is 0 Å². The number of anilines is 1. The SMILES string of the molecule is Cc1nc2c(n1CCO)CCC(Nc1ncccc1[N+](=O)[O-])C2. The zero-order valence-electron chi connectivity index (χ0n) is 12.9. The Balaban J connectivity index is 1.78. The van der Waals surface area contributed by atoms with E-state index in [-0.39, 0.29) is 18.3 Å². The molecule has 8 heteroatoms. The average molecular weight is 317 g/mol. The molecule has 1 aliphatic carbocycles. The molecule has 1 unspecified atom stereocenters. The number of aryl methyl sites for hydroxylation is 1. The van der Waals surface area contributed by atoms with E-state index in [0.717, 1.165) is 30.1 Å². The van der Waals surface area contributed by atoms with Crippen molar-refractivity contribution >= 4 is 11.5 Å². The number of pyridine rings is 1. The molecule has 2 aromatic heterocycles. The Kier molecular flexibility index (Phi) is 4.24. The van der Waals surface area contributed by atoms with E-state index in [1.54, 1.807) is 12.3 Å². The number of imidazole rings is 1. The van der Waals surface area contributed by atoms with Crippen LogP contribution in [0.3, 0.4) is 0 Å². The molecule has 0 saturated carbocycles. The molecule has 2 aromatic rings. The lowest BCUT2D eigenvalue weighted by Crippen LogP contribution is -2.29. The highest BCUT2D eigenvalue weighted by atomic mass is 16.6. The number of aromatic nitrogens is 3. The van der Waals surface area contributed by atoms with Crippen LogP contribution in [0.15, 0.2) is 18.3 Å². The Bertz CT molecular complexity index is 728. The van der Waals surface area contributed by atoms with Gasteiger partial charge in [-0.1, -0.05) is 0 Å². The number of nitrogens with zero attached hydrogens (tertiary/aromatic N) is 4. The molecule has 3 rings (SSSR count). The fourth-order valence-corrected chi connectivity index (χ4v) is 3.13.